The van der Waals surface area contributed by atoms with Crippen molar-refractivity contribution in [3.63, 3.8) is 0 Å². The van der Waals surface area contributed by atoms with Crippen LogP contribution in [0.2, 0.25) is 5.02 Å². The van der Waals surface area contributed by atoms with Gasteiger partial charge in [0.25, 0.3) is 5.91 Å². The predicted octanol–water partition coefficient (Wildman–Crippen LogP) is 3.86. The van der Waals surface area contributed by atoms with E-state index in [1.165, 1.54) is 0 Å². The van der Waals surface area contributed by atoms with E-state index >= 15 is 0 Å². The molecule has 2 amide bonds. The lowest BCUT2D eigenvalue weighted by atomic mass is 10.1. The summed E-state index contributed by atoms with van der Waals surface area (Å²) in [7, 11) is 0. The smallest absolute Gasteiger partial charge is 0.306 e. The average Bonchev–Trinajstić information content (AvgIpc) is 2.63. The molecular formula is C20H21ClN2O4. The second-order valence-electron chi connectivity index (χ2n) is 6.06. The Balaban J connectivity index is 1.72. The van der Waals surface area contributed by atoms with Gasteiger partial charge in [-0.05, 0) is 43.2 Å². The van der Waals surface area contributed by atoms with E-state index in [1.54, 1.807) is 24.3 Å². The Hall–Kier alpha value is -2.86. The van der Waals surface area contributed by atoms with Crippen LogP contribution in [0, 0.1) is 13.8 Å². The molecule has 142 valence electrons. The number of anilines is 2. The first kappa shape index (κ1) is 20.5. The van der Waals surface area contributed by atoms with E-state index in [1.807, 2.05) is 32.0 Å². The molecule has 0 atom stereocenters. The average molecular weight is 389 g/mol. The number of benzene rings is 2. The van der Waals surface area contributed by atoms with Gasteiger partial charge in [0.15, 0.2) is 6.61 Å². The molecule has 0 saturated heterocycles. The van der Waals surface area contributed by atoms with E-state index < -0.39 is 18.5 Å². The molecule has 0 fully saturated rings. The lowest BCUT2D eigenvalue weighted by molar-refractivity contribution is -0.147. The van der Waals surface area contributed by atoms with Gasteiger partial charge in [0.05, 0.1) is 17.1 Å². The van der Waals surface area contributed by atoms with Crippen LogP contribution < -0.4 is 10.6 Å². The van der Waals surface area contributed by atoms with Crippen molar-refractivity contribution in [1.29, 1.82) is 0 Å². The normalized spacial score (nSPS) is 10.2. The number of carbonyl (C=O) groups excluding carboxylic acids is 3. The molecule has 2 aromatic rings. The highest BCUT2D eigenvalue weighted by Crippen LogP contribution is 2.20. The zero-order chi connectivity index (χ0) is 19.8. The maximum Gasteiger partial charge on any atom is 0.306 e. The molecule has 0 saturated carbocycles. The molecule has 0 aliphatic heterocycles. The first-order chi connectivity index (χ1) is 12.8. The van der Waals surface area contributed by atoms with Crippen molar-refractivity contribution in [2.75, 3.05) is 17.2 Å². The summed E-state index contributed by atoms with van der Waals surface area (Å²) in [6.45, 7) is 3.39. The van der Waals surface area contributed by atoms with Gasteiger partial charge in [-0.2, -0.15) is 0 Å². The monoisotopic (exact) mass is 388 g/mol. The molecule has 0 spiro atoms. The van der Waals surface area contributed by atoms with Gasteiger partial charge in [0.2, 0.25) is 5.91 Å². The molecule has 6 nitrogen and oxygen atoms in total. The Labute approximate surface area is 162 Å². The van der Waals surface area contributed by atoms with Gasteiger partial charge in [-0.1, -0.05) is 35.9 Å². The number of amides is 2. The maximum atomic E-state index is 11.9. The van der Waals surface area contributed by atoms with Gasteiger partial charge >= 0.3 is 5.97 Å². The van der Waals surface area contributed by atoms with E-state index in [0.29, 0.717) is 16.4 Å². The second kappa shape index (κ2) is 9.73. The van der Waals surface area contributed by atoms with Crippen LogP contribution in [0.5, 0.6) is 0 Å². The minimum Gasteiger partial charge on any atom is -0.456 e. The van der Waals surface area contributed by atoms with Gasteiger partial charge in [-0.3, -0.25) is 14.4 Å². The standard InChI is InChI=1S/C20H21ClN2O4/c1-13-7-8-14(2)17(11-13)23-19(25)12-27-20(26)10-9-18(24)22-16-6-4-3-5-15(16)21/h3-8,11H,9-10,12H2,1-2H3,(H,22,24)(H,23,25). The summed E-state index contributed by atoms with van der Waals surface area (Å²) in [6, 6.07) is 12.5. The fraction of sp³-hybridized carbons (Fsp3) is 0.250. The second-order valence-corrected chi connectivity index (χ2v) is 6.46. The summed E-state index contributed by atoms with van der Waals surface area (Å²) in [5, 5.41) is 5.73. The van der Waals surface area contributed by atoms with Crippen molar-refractivity contribution in [3.8, 4) is 0 Å². The lowest BCUT2D eigenvalue weighted by Gasteiger charge is -2.10. The van der Waals surface area contributed by atoms with Gasteiger partial charge in [-0.25, -0.2) is 0 Å². The molecule has 0 aliphatic rings. The molecule has 2 N–H and O–H groups in total. The van der Waals surface area contributed by atoms with Crippen LogP contribution in [-0.4, -0.2) is 24.4 Å². The summed E-state index contributed by atoms with van der Waals surface area (Å²) in [5.41, 5.74) is 3.08. The van der Waals surface area contributed by atoms with Crippen LogP contribution in [0.15, 0.2) is 42.5 Å². The summed E-state index contributed by atoms with van der Waals surface area (Å²) >= 11 is 5.95. The van der Waals surface area contributed by atoms with Crippen LogP contribution in [-0.2, 0) is 19.1 Å². The first-order valence-electron chi connectivity index (χ1n) is 8.42. The van der Waals surface area contributed by atoms with Crippen molar-refractivity contribution in [2.24, 2.45) is 0 Å². The van der Waals surface area contributed by atoms with E-state index in [-0.39, 0.29) is 18.7 Å². The molecule has 0 bridgehead atoms. The fourth-order valence-corrected chi connectivity index (χ4v) is 2.45. The quantitative estimate of drug-likeness (QED) is 0.705. The molecule has 0 aromatic heterocycles. The summed E-state index contributed by atoms with van der Waals surface area (Å²) in [6.07, 6.45) is -0.199. The zero-order valence-electron chi connectivity index (χ0n) is 15.2. The van der Waals surface area contributed by atoms with Crippen LogP contribution in [0.3, 0.4) is 0 Å². The Morgan fingerprint density at radius 2 is 1.63 bits per heavy atom. The van der Waals surface area contributed by atoms with Crippen molar-refractivity contribution < 1.29 is 19.1 Å². The summed E-state index contributed by atoms with van der Waals surface area (Å²) < 4.78 is 4.91. The first-order valence-corrected chi connectivity index (χ1v) is 8.80. The van der Waals surface area contributed by atoms with Crippen LogP contribution in [0.1, 0.15) is 24.0 Å². The number of nitrogens with one attached hydrogen (secondary N) is 2. The maximum absolute atomic E-state index is 11.9. The van der Waals surface area contributed by atoms with E-state index in [9.17, 15) is 14.4 Å². The third kappa shape index (κ3) is 6.75. The number of carbonyl (C=O) groups is 3. The molecule has 27 heavy (non-hydrogen) atoms. The highest BCUT2D eigenvalue weighted by Gasteiger charge is 2.12. The van der Waals surface area contributed by atoms with Crippen molar-refractivity contribution in [1.82, 2.24) is 0 Å². The number of para-hydroxylation sites is 1. The number of rotatable bonds is 7. The predicted molar refractivity (Wildman–Crippen MR) is 105 cm³/mol. The van der Waals surface area contributed by atoms with Crippen LogP contribution >= 0.6 is 11.6 Å². The van der Waals surface area contributed by atoms with E-state index in [4.69, 9.17) is 16.3 Å². The molecule has 2 rings (SSSR count). The minimum atomic E-state index is -0.625. The highest BCUT2D eigenvalue weighted by atomic mass is 35.5. The lowest BCUT2D eigenvalue weighted by Crippen LogP contribution is -2.22. The highest BCUT2D eigenvalue weighted by molar-refractivity contribution is 6.33. The van der Waals surface area contributed by atoms with Crippen molar-refractivity contribution in [3.05, 3.63) is 58.6 Å². The number of ether oxygens (including phenoxy) is 1. The fourth-order valence-electron chi connectivity index (χ4n) is 2.27. The molecule has 2 aromatic carbocycles. The van der Waals surface area contributed by atoms with Crippen LogP contribution in [0.4, 0.5) is 11.4 Å². The Morgan fingerprint density at radius 3 is 2.37 bits per heavy atom. The number of aryl methyl sites for hydroxylation is 2. The molecule has 0 radical (unpaired) electrons. The Morgan fingerprint density at radius 1 is 0.926 bits per heavy atom. The largest absolute Gasteiger partial charge is 0.456 e. The third-order valence-corrected chi connectivity index (χ3v) is 4.07. The van der Waals surface area contributed by atoms with Gasteiger partial charge in [0, 0.05) is 12.1 Å². The van der Waals surface area contributed by atoms with Gasteiger partial charge < -0.3 is 15.4 Å². The molecule has 0 heterocycles. The topological polar surface area (TPSA) is 84.5 Å². The van der Waals surface area contributed by atoms with Crippen LogP contribution in [0.25, 0.3) is 0 Å². The van der Waals surface area contributed by atoms with Gasteiger partial charge in [0.1, 0.15) is 0 Å². The van der Waals surface area contributed by atoms with E-state index in [2.05, 4.69) is 10.6 Å². The summed E-state index contributed by atoms with van der Waals surface area (Å²) in [5.74, 6) is -1.42. The third-order valence-electron chi connectivity index (χ3n) is 3.74. The Kier molecular flexibility index (Phi) is 7.37. The van der Waals surface area contributed by atoms with Gasteiger partial charge in [-0.15, -0.1) is 0 Å². The summed E-state index contributed by atoms with van der Waals surface area (Å²) in [4.78, 5) is 35.5. The Bertz CT molecular complexity index is 852. The number of halogens is 1. The number of hydrogen-bond acceptors (Lipinski definition) is 4. The minimum absolute atomic E-state index is 0.0668. The molecule has 7 heteroatoms. The SMILES string of the molecule is Cc1ccc(C)c(NC(=O)COC(=O)CCC(=O)Nc2ccccc2Cl)c1. The number of esters is 1. The molecular weight excluding hydrogens is 368 g/mol. The zero-order valence-corrected chi connectivity index (χ0v) is 15.9. The molecule has 0 aliphatic carbocycles. The van der Waals surface area contributed by atoms with E-state index in [0.717, 1.165) is 11.1 Å². The van der Waals surface area contributed by atoms with Crippen molar-refractivity contribution in [2.45, 2.75) is 26.7 Å². The molecule has 0 unspecified atom stereocenters. The number of hydrogen-bond donors (Lipinski definition) is 2. The van der Waals surface area contributed by atoms with Crippen molar-refractivity contribution >= 4 is 40.8 Å².